The fourth-order valence-corrected chi connectivity index (χ4v) is 3.84. The summed E-state index contributed by atoms with van der Waals surface area (Å²) in [7, 11) is 0. The lowest BCUT2D eigenvalue weighted by atomic mass is 9.80. The minimum atomic E-state index is -0.243. The van der Waals surface area contributed by atoms with Gasteiger partial charge in [-0.2, -0.15) is 0 Å². The van der Waals surface area contributed by atoms with Gasteiger partial charge >= 0.3 is 0 Å². The molecular weight excluding hydrogens is 254 g/mol. The van der Waals surface area contributed by atoms with Gasteiger partial charge in [-0.25, -0.2) is 0 Å². The van der Waals surface area contributed by atoms with E-state index < -0.39 is 0 Å². The summed E-state index contributed by atoms with van der Waals surface area (Å²) in [6.45, 7) is 2.63. The highest BCUT2D eigenvalue weighted by atomic mass is 16.3. The van der Waals surface area contributed by atoms with E-state index in [1.807, 2.05) is 11.8 Å². The second-order valence-electron chi connectivity index (χ2n) is 6.11. The summed E-state index contributed by atoms with van der Waals surface area (Å²) in [4.78, 5) is 14.6. The lowest BCUT2D eigenvalue weighted by molar-refractivity contribution is 0.0211. The number of hydrogen-bond donors (Lipinski definition) is 1. The predicted octanol–water partition coefficient (Wildman–Crippen LogP) is 2.74. The minimum Gasteiger partial charge on any atom is -0.469 e. The molecule has 1 aromatic heterocycles. The van der Waals surface area contributed by atoms with Crippen LogP contribution < -0.4 is 0 Å². The first-order valence-corrected chi connectivity index (χ1v) is 7.71. The van der Waals surface area contributed by atoms with Crippen molar-refractivity contribution >= 4 is 5.91 Å². The van der Waals surface area contributed by atoms with E-state index >= 15 is 0 Å². The Morgan fingerprint density at radius 1 is 1.30 bits per heavy atom. The molecule has 2 heterocycles. The second-order valence-corrected chi connectivity index (χ2v) is 6.11. The van der Waals surface area contributed by atoms with Crippen LogP contribution >= 0.6 is 0 Å². The average Bonchev–Trinajstić information content (AvgIpc) is 3.07. The third-order valence-corrected chi connectivity index (χ3v) is 4.93. The number of amides is 1. The molecule has 0 aromatic carbocycles. The highest BCUT2D eigenvalue weighted by Crippen LogP contribution is 2.35. The molecule has 2 fully saturated rings. The maximum absolute atomic E-state index is 12.7. The molecule has 1 aliphatic carbocycles. The van der Waals surface area contributed by atoms with E-state index in [0.717, 1.165) is 38.6 Å². The average molecular weight is 277 g/mol. The number of furan rings is 1. The van der Waals surface area contributed by atoms with E-state index in [4.69, 9.17) is 4.42 Å². The number of nitrogens with zero attached hydrogens (tertiary/aromatic N) is 1. The number of likely N-dealkylation sites (tertiary alicyclic amines) is 1. The van der Waals surface area contributed by atoms with Gasteiger partial charge < -0.3 is 14.4 Å². The number of aliphatic hydroxyl groups is 1. The van der Waals surface area contributed by atoms with Gasteiger partial charge in [-0.15, -0.1) is 0 Å². The molecule has 1 saturated heterocycles. The first-order valence-electron chi connectivity index (χ1n) is 7.71. The van der Waals surface area contributed by atoms with Gasteiger partial charge in [-0.05, 0) is 38.7 Å². The number of rotatable bonds is 2. The van der Waals surface area contributed by atoms with Gasteiger partial charge in [0.2, 0.25) is 0 Å². The van der Waals surface area contributed by atoms with Crippen LogP contribution in [0.25, 0.3) is 0 Å². The van der Waals surface area contributed by atoms with Crippen molar-refractivity contribution in [1.29, 1.82) is 0 Å². The van der Waals surface area contributed by atoms with Gasteiger partial charge in [0.25, 0.3) is 5.91 Å². The van der Waals surface area contributed by atoms with E-state index in [9.17, 15) is 9.90 Å². The molecular formula is C16H23NO3. The zero-order chi connectivity index (χ0) is 14.1. The van der Waals surface area contributed by atoms with E-state index in [1.165, 1.54) is 6.42 Å². The molecule has 110 valence electrons. The van der Waals surface area contributed by atoms with Gasteiger partial charge in [-0.3, -0.25) is 4.79 Å². The largest absolute Gasteiger partial charge is 0.469 e. The van der Waals surface area contributed by atoms with E-state index in [-0.39, 0.29) is 24.0 Å². The maximum Gasteiger partial charge on any atom is 0.257 e. The van der Waals surface area contributed by atoms with Crippen molar-refractivity contribution in [2.24, 2.45) is 5.92 Å². The fraction of sp³-hybridized carbons (Fsp3) is 0.688. The number of carbonyl (C=O) groups is 1. The van der Waals surface area contributed by atoms with Crippen molar-refractivity contribution in [2.45, 2.75) is 57.6 Å². The third-order valence-electron chi connectivity index (χ3n) is 4.93. The summed E-state index contributed by atoms with van der Waals surface area (Å²) >= 11 is 0. The van der Waals surface area contributed by atoms with Crippen LogP contribution in [0.5, 0.6) is 0 Å². The number of hydrogen-bond acceptors (Lipinski definition) is 3. The molecule has 1 saturated carbocycles. The van der Waals surface area contributed by atoms with Crippen LogP contribution in [-0.4, -0.2) is 34.6 Å². The zero-order valence-corrected chi connectivity index (χ0v) is 12.0. The monoisotopic (exact) mass is 277 g/mol. The molecule has 0 bridgehead atoms. The molecule has 3 unspecified atom stereocenters. The summed E-state index contributed by atoms with van der Waals surface area (Å²) in [6, 6.07) is 1.96. The minimum absolute atomic E-state index is 0.0662. The van der Waals surface area contributed by atoms with Crippen LogP contribution in [0.4, 0.5) is 0 Å². The normalized spacial score (nSPS) is 30.7. The Balaban J connectivity index is 1.78. The maximum atomic E-state index is 12.7. The lowest BCUT2D eigenvalue weighted by Gasteiger charge is -2.37. The summed E-state index contributed by atoms with van der Waals surface area (Å²) < 4.78 is 5.25. The van der Waals surface area contributed by atoms with Crippen molar-refractivity contribution < 1.29 is 14.3 Å². The molecule has 20 heavy (non-hydrogen) atoms. The van der Waals surface area contributed by atoms with Gasteiger partial charge in [0.1, 0.15) is 5.76 Å². The first-order chi connectivity index (χ1) is 9.68. The smallest absolute Gasteiger partial charge is 0.257 e. The molecule has 3 atom stereocenters. The Morgan fingerprint density at radius 3 is 2.80 bits per heavy atom. The van der Waals surface area contributed by atoms with Crippen LogP contribution in [0.3, 0.4) is 0 Å². The van der Waals surface area contributed by atoms with Crippen molar-refractivity contribution in [3.63, 3.8) is 0 Å². The molecule has 1 aromatic rings. The SMILES string of the molecule is Cc1occc1C(=O)N1CCCC1C1CCCCC1O. The van der Waals surface area contributed by atoms with E-state index in [0.29, 0.717) is 11.3 Å². The molecule has 4 nitrogen and oxygen atoms in total. The summed E-state index contributed by atoms with van der Waals surface area (Å²) in [5.74, 6) is 1.00. The van der Waals surface area contributed by atoms with Gasteiger partial charge in [0.15, 0.2) is 0 Å². The molecule has 1 N–H and O–H groups in total. The van der Waals surface area contributed by atoms with Gasteiger partial charge in [-0.1, -0.05) is 12.8 Å². The Labute approximate surface area is 119 Å². The molecule has 0 spiro atoms. The molecule has 1 amide bonds. The number of carbonyl (C=O) groups excluding carboxylic acids is 1. The molecule has 0 radical (unpaired) electrons. The molecule has 4 heteroatoms. The lowest BCUT2D eigenvalue weighted by Crippen LogP contribution is -2.45. The highest BCUT2D eigenvalue weighted by Gasteiger charge is 2.39. The van der Waals surface area contributed by atoms with Crippen LogP contribution in [0.15, 0.2) is 16.7 Å². The summed E-state index contributed by atoms with van der Waals surface area (Å²) in [5, 5.41) is 10.3. The molecule has 3 rings (SSSR count). The Hall–Kier alpha value is -1.29. The van der Waals surface area contributed by atoms with Crippen molar-refractivity contribution in [3.05, 3.63) is 23.7 Å². The second kappa shape index (κ2) is 5.60. The van der Waals surface area contributed by atoms with Crippen LogP contribution in [-0.2, 0) is 0 Å². The van der Waals surface area contributed by atoms with Crippen molar-refractivity contribution in [1.82, 2.24) is 4.90 Å². The topological polar surface area (TPSA) is 53.7 Å². The highest BCUT2D eigenvalue weighted by molar-refractivity contribution is 5.95. The van der Waals surface area contributed by atoms with Gasteiger partial charge in [0, 0.05) is 18.5 Å². The Kier molecular flexibility index (Phi) is 3.83. The van der Waals surface area contributed by atoms with Crippen molar-refractivity contribution in [2.75, 3.05) is 6.54 Å². The fourth-order valence-electron chi connectivity index (χ4n) is 3.84. The standard InChI is InChI=1S/C16H23NO3/c1-11-12(8-10-20-11)16(19)17-9-4-6-14(17)13-5-2-3-7-15(13)18/h8,10,13-15,18H,2-7,9H2,1H3. The molecule has 1 aliphatic heterocycles. The number of aliphatic hydroxyl groups excluding tert-OH is 1. The molecule has 2 aliphatic rings. The van der Waals surface area contributed by atoms with Gasteiger partial charge in [0.05, 0.1) is 17.9 Å². The van der Waals surface area contributed by atoms with E-state index in [2.05, 4.69) is 0 Å². The third kappa shape index (κ3) is 2.37. The predicted molar refractivity (Wildman–Crippen MR) is 75.5 cm³/mol. The Morgan fingerprint density at radius 2 is 2.10 bits per heavy atom. The summed E-state index contributed by atoms with van der Waals surface area (Å²) in [5.41, 5.74) is 0.669. The van der Waals surface area contributed by atoms with E-state index in [1.54, 1.807) is 12.3 Å². The van der Waals surface area contributed by atoms with Crippen LogP contribution in [0.1, 0.15) is 54.6 Å². The van der Waals surface area contributed by atoms with Crippen molar-refractivity contribution in [3.8, 4) is 0 Å². The number of aryl methyl sites for hydroxylation is 1. The van der Waals surface area contributed by atoms with Crippen LogP contribution in [0.2, 0.25) is 0 Å². The first kappa shape index (κ1) is 13.7. The quantitative estimate of drug-likeness (QED) is 0.904. The summed E-state index contributed by atoms with van der Waals surface area (Å²) in [6.07, 6.45) is 7.59. The van der Waals surface area contributed by atoms with Crippen LogP contribution in [0, 0.1) is 12.8 Å². The zero-order valence-electron chi connectivity index (χ0n) is 12.0. The Bertz CT molecular complexity index is 482.